The first kappa shape index (κ1) is 13.8. The Labute approximate surface area is 101 Å². The maximum absolute atomic E-state index is 11.8. The van der Waals surface area contributed by atoms with Crippen LogP contribution < -0.4 is 4.72 Å². The summed E-state index contributed by atoms with van der Waals surface area (Å²) in [5, 5.41) is 0. The molecule has 1 N–H and O–H groups in total. The van der Waals surface area contributed by atoms with E-state index in [9.17, 15) is 13.2 Å². The van der Waals surface area contributed by atoms with E-state index < -0.39 is 10.0 Å². The highest BCUT2D eigenvalue weighted by molar-refractivity contribution is 7.89. The van der Waals surface area contributed by atoms with Crippen LogP contribution in [0.5, 0.6) is 0 Å². The molecule has 0 amide bonds. The molecule has 0 bridgehead atoms. The van der Waals surface area contributed by atoms with Crippen molar-refractivity contribution in [2.45, 2.75) is 4.90 Å². The molecule has 94 valence electrons. The zero-order valence-electron chi connectivity index (χ0n) is 9.88. The van der Waals surface area contributed by atoms with Gasteiger partial charge in [0, 0.05) is 18.7 Å². The van der Waals surface area contributed by atoms with Crippen LogP contribution in [-0.4, -0.2) is 46.8 Å². The van der Waals surface area contributed by atoms with Gasteiger partial charge in [-0.1, -0.05) is 12.1 Å². The number of hydrogen-bond donors (Lipinski definition) is 1. The maximum Gasteiger partial charge on any atom is 0.240 e. The first-order valence-electron chi connectivity index (χ1n) is 5.15. The minimum absolute atomic E-state index is 0.168. The molecule has 0 heterocycles. The zero-order valence-corrected chi connectivity index (χ0v) is 10.7. The minimum Gasteiger partial charge on any atom is -0.308 e. The highest BCUT2D eigenvalue weighted by atomic mass is 32.2. The number of benzene rings is 1. The molecule has 0 fully saturated rings. The summed E-state index contributed by atoms with van der Waals surface area (Å²) in [6.45, 7) is 0.983. The topological polar surface area (TPSA) is 66.5 Å². The van der Waals surface area contributed by atoms with Crippen LogP contribution in [0.1, 0.15) is 10.4 Å². The summed E-state index contributed by atoms with van der Waals surface area (Å²) < 4.78 is 26.1. The Kier molecular flexibility index (Phi) is 4.80. The molecule has 6 heteroatoms. The van der Waals surface area contributed by atoms with Gasteiger partial charge in [0.2, 0.25) is 10.0 Å². The van der Waals surface area contributed by atoms with Crippen molar-refractivity contribution < 1.29 is 13.2 Å². The molecule has 0 aliphatic rings. The lowest BCUT2D eigenvalue weighted by molar-refractivity contribution is 0.112. The first-order chi connectivity index (χ1) is 7.95. The van der Waals surface area contributed by atoms with Crippen molar-refractivity contribution in [1.29, 1.82) is 0 Å². The van der Waals surface area contributed by atoms with Gasteiger partial charge in [0.25, 0.3) is 0 Å². The van der Waals surface area contributed by atoms with Crippen molar-refractivity contribution in [2.24, 2.45) is 0 Å². The molecule has 0 saturated heterocycles. The third-order valence-corrected chi connectivity index (χ3v) is 3.65. The van der Waals surface area contributed by atoms with E-state index in [1.807, 2.05) is 19.0 Å². The van der Waals surface area contributed by atoms with Crippen molar-refractivity contribution in [2.75, 3.05) is 27.2 Å². The molecular formula is C11H16N2O3S. The normalized spacial score (nSPS) is 11.7. The summed E-state index contributed by atoms with van der Waals surface area (Å²) in [4.78, 5) is 12.5. The molecule has 0 radical (unpaired) electrons. The number of rotatable bonds is 6. The zero-order chi connectivity index (χ0) is 12.9. The lowest BCUT2D eigenvalue weighted by Gasteiger charge is -2.10. The van der Waals surface area contributed by atoms with E-state index in [-0.39, 0.29) is 4.90 Å². The third-order valence-electron chi connectivity index (χ3n) is 2.18. The average molecular weight is 256 g/mol. The van der Waals surface area contributed by atoms with Crippen molar-refractivity contribution in [3.63, 3.8) is 0 Å². The molecular weight excluding hydrogens is 240 g/mol. The van der Waals surface area contributed by atoms with E-state index in [0.717, 1.165) is 0 Å². The van der Waals surface area contributed by atoms with Gasteiger partial charge in [-0.25, -0.2) is 13.1 Å². The number of carbonyl (C=O) groups excluding carboxylic acids is 1. The minimum atomic E-state index is -3.47. The number of carbonyl (C=O) groups is 1. The predicted octanol–water partition coefficient (Wildman–Crippen LogP) is 0.339. The molecule has 0 aromatic heterocycles. The van der Waals surface area contributed by atoms with Crippen molar-refractivity contribution in [3.8, 4) is 0 Å². The maximum atomic E-state index is 11.8. The fourth-order valence-electron chi connectivity index (χ4n) is 1.21. The van der Waals surface area contributed by atoms with Crippen molar-refractivity contribution in [1.82, 2.24) is 9.62 Å². The quantitative estimate of drug-likeness (QED) is 0.745. The molecule has 0 spiro atoms. The number of nitrogens with zero attached hydrogens (tertiary/aromatic N) is 1. The van der Waals surface area contributed by atoms with Crippen molar-refractivity contribution in [3.05, 3.63) is 29.8 Å². The van der Waals surface area contributed by atoms with Crippen LogP contribution in [0.15, 0.2) is 29.2 Å². The van der Waals surface area contributed by atoms with Gasteiger partial charge in [-0.3, -0.25) is 4.79 Å². The van der Waals surface area contributed by atoms with Gasteiger partial charge < -0.3 is 4.90 Å². The second kappa shape index (κ2) is 5.90. The van der Waals surface area contributed by atoms with E-state index in [1.165, 1.54) is 24.3 Å². The Hall–Kier alpha value is -1.24. The summed E-state index contributed by atoms with van der Waals surface area (Å²) in [5.74, 6) is 0. The van der Waals surface area contributed by atoms with Gasteiger partial charge in [-0.15, -0.1) is 0 Å². The molecule has 5 nitrogen and oxygen atoms in total. The van der Waals surface area contributed by atoms with E-state index in [0.29, 0.717) is 24.9 Å². The Morgan fingerprint density at radius 2 is 1.82 bits per heavy atom. The molecule has 1 aromatic carbocycles. The fraction of sp³-hybridized carbons (Fsp3) is 0.364. The number of aldehydes is 1. The molecule has 0 saturated carbocycles. The van der Waals surface area contributed by atoms with Gasteiger partial charge >= 0.3 is 0 Å². The Morgan fingerprint density at radius 1 is 1.24 bits per heavy atom. The number of sulfonamides is 1. The highest BCUT2D eigenvalue weighted by Gasteiger charge is 2.12. The van der Waals surface area contributed by atoms with Crippen LogP contribution in [0.3, 0.4) is 0 Å². The van der Waals surface area contributed by atoms with E-state index in [1.54, 1.807) is 0 Å². The van der Waals surface area contributed by atoms with Gasteiger partial charge in [0.05, 0.1) is 4.90 Å². The molecule has 0 unspecified atom stereocenters. The van der Waals surface area contributed by atoms with Gasteiger partial charge in [-0.05, 0) is 26.2 Å². The molecule has 0 atom stereocenters. The second-order valence-corrected chi connectivity index (χ2v) is 5.65. The van der Waals surface area contributed by atoms with Crippen LogP contribution in [0, 0.1) is 0 Å². The second-order valence-electron chi connectivity index (χ2n) is 3.89. The summed E-state index contributed by atoms with van der Waals surface area (Å²) in [5.41, 5.74) is 0.456. The average Bonchev–Trinajstić information content (AvgIpc) is 2.28. The number of likely N-dealkylation sites (N-methyl/N-ethyl adjacent to an activating group) is 1. The lowest BCUT2D eigenvalue weighted by atomic mass is 10.2. The standard InChI is InChI=1S/C11H16N2O3S/c1-13(2)8-7-12-17(15,16)11-5-3-10(9-14)4-6-11/h3-6,9,12H,7-8H2,1-2H3. The van der Waals surface area contributed by atoms with Gasteiger partial charge in [0.1, 0.15) is 6.29 Å². The Morgan fingerprint density at radius 3 is 2.29 bits per heavy atom. The smallest absolute Gasteiger partial charge is 0.240 e. The Balaban J connectivity index is 2.72. The summed E-state index contributed by atoms with van der Waals surface area (Å²) >= 11 is 0. The molecule has 0 aliphatic carbocycles. The van der Waals surface area contributed by atoms with Crippen LogP contribution in [0.4, 0.5) is 0 Å². The molecule has 1 rings (SSSR count). The molecule has 0 aliphatic heterocycles. The number of hydrogen-bond acceptors (Lipinski definition) is 4. The van der Waals surface area contributed by atoms with Crippen molar-refractivity contribution >= 4 is 16.3 Å². The van der Waals surface area contributed by atoms with Crippen LogP contribution in [0.25, 0.3) is 0 Å². The predicted molar refractivity (Wildman–Crippen MR) is 65.6 cm³/mol. The third kappa shape index (κ3) is 4.26. The monoisotopic (exact) mass is 256 g/mol. The van der Waals surface area contributed by atoms with Gasteiger partial charge in [0.15, 0.2) is 0 Å². The number of nitrogens with one attached hydrogen (secondary N) is 1. The highest BCUT2D eigenvalue weighted by Crippen LogP contribution is 2.09. The summed E-state index contributed by atoms with van der Waals surface area (Å²) in [6.07, 6.45) is 0.676. The van der Waals surface area contributed by atoms with Crippen LogP contribution in [0.2, 0.25) is 0 Å². The summed E-state index contributed by atoms with van der Waals surface area (Å²) in [6, 6.07) is 5.80. The summed E-state index contributed by atoms with van der Waals surface area (Å²) in [7, 11) is 0.263. The van der Waals surface area contributed by atoms with E-state index in [2.05, 4.69) is 4.72 Å². The Bertz CT molecular complexity index is 466. The molecule has 1 aromatic rings. The SMILES string of the molecule is CN(C)CCNS(=O)(=O)c1ccc(C=O)cc1. The first-order valence-corrected chi connectivity index (χ1v) is 6.63. The van der Waals surface area contributed by atoms with Gasteiger partial charge in [-0.2, -0.15) is 0 Å². The van der Waals surface area contributed by atoms with E-state index in [4.69, 9.17) is 0 Å². The molecule has 17 heavy (non-hydrogen) atoms. The fourth-order valence-corrected chi connectivity index (χ4v) is 2.23. The largest absolute Gasteiger partial charge is 0.308 e. The lowest BCUT2D eigenvalue weighted by Crippen LogP contribution is -2.31. The van der Waals surface area contributed by atoms with Crippen LogP contribution in [-0.2, 0) is 10.0 Å². The van der Waals surface area contributed by atoms with Crippen LogP contribution >= 0.6 is 0 Å². The van der Waals surface area contributed by atoms with E-state index >= 15 is 0 Å².